The fraction of sp³-hybridized carbons (Fsp3) is 0.222. The average molecular weight is 807 g/mol. The summed E-state index contributed by atoms with van der Waals surface area (Å²) in [5.41, 5.74) is 15.5. The molecule has 0 aliphatic carbocycles. The minimum Gasteiger partial charge on any atom is -0.663 e. The maximum Gasteiger partial charge on any atom is 3.00 e. The SMILES string of the molecule is Cc1cc(C)c(-c2cc(C(C)(C)C)cc3c2[n-]c2ccc(C(C)(C)C)cc23)[c-]c1-c1[c-]c(-c2ccccn2)cc(-c2ccccc2)c1.[Au+3]. The van der Waals surface area contributed by atoms with Crippen LogP contribution in [0.25, 0.3) is 66.4 Å². The van der Waals surface area contributed by atoms with Crippen molar-refractivity contribution < 1.29 is 22.4 Å². The summed E-state index contributed by atoms with van der Waals surface area (Å²) in [6.45, 7) is 18.1. The molecule has 0 aliphatic rings. The Balaban J connectivity index is 0.00000401. The molecule has 7 rings (SSSR count). The minimum atomic E-state index is -0.0367. The molecular weight excluding hydrogens is 765 g/mol. The van der Waals surface area contributed by atoms with E-state index in [0.29, 0.717) is 0 Å². The Labute approximate surface area is 301 Å². The second-order valence-corrected chi connectivity index (χ2v) is 14.9. The number of benzene rings is 5. The molecule has 7 aromatic rings. The molecule has 48 heavy (non-hydrogen) atoms. The Morgan fingerprint density at radius 3 is 1.94 bits per heavy atom. The third-order valence-electron chi connectivity index (χ3n) is 9.29. The fourth-order valence-corrected chi connectivity index (χ4v) is 6.53. The first kappa shape index (κ1) is 33.7. The molecule has 0 radical (unpaired) electrons. The quantitative estimate of drug-likeness (QED) is 0.131. The monoisotopic (exact) mass is 806 g/mol. The fourth-order valence-electron chi connectivity index (χ4n) is 6.53. The molecule has 0 atom stereocenters. The van der Waals surface area contributed by atoms with E-state index in [1.165, 1.54) is 33.0 Å². The first-order chi connectivity index (χ1) is 22.4. The van der Waals surface area contributed by atoms with Crippen molar-refractivity contribution in [2.24, 2.45) is 0 Å². The Morgan fingerprint density at radius 1 is 0.583 bits per heavy atom. The maximum absolute atomic E-state index is 5.28. The molecule has 0 N–H and O–H groups in total. The van der Waals surface area contributed by atoms with Gasteiger partial charge in [-0.2, -0.15) is 34.8 Å². The van der Waals surface area contributed by atoms with Gasteiger partial charge in [-0.25, -0.2) is 0 Å². The summed E-state index contributed by atoms with van der Waals surface area (Å²) in [6.07, 6.45) is 1.84. The van der Waals surface area contributed by atoms with E-state index in [-0.39, 0.29) is 33.2 Å². The molecule has 5 aromatic carbocycles. The van der Waals surface area contributed by atoms with Gasteiger partial charge in [-0.15, -0.1) is 39.9 Å². The van der Waals surface area contributed by atoms with E-state index in [1.54, 1.807) is 0 Å². The summed E-state index contributed by atoms with van der Waals surface area (Å²) in [6, 6.07) is 42.4. The standard InChI is InChI=1S/C45H41N2.Au/c1-28-20-29(2)37(27-36(28)32-21-31(30-14-10-9-11-15-30)22-33(23-32)41-16-12-13-19-46-41)39-25-35(45(6,7)8)26-40-38-24-34(44(3,4)5)17-18-42(38)47-43(39)40;/h9-22,24-26H,1-8H3;/q-3;+3. The molecule has 0 aliphatic heterocycles. The molecule has 2 heterocycles. The van der Waals surface area contributed by atoms with Crippen molar-refractivity contribution >= 4 is 21.8 Å². The van der Waals surface area contributed by atoms with E-state index in [9.17, 15) is 0 Å². The van der Waals surface area contributed by atoms with Crippen LogP contribution >= 0.6 is 0 Å². The van der Waals surface area contributed by atoms with E-state index in [4.69, 9.17) is 4.98 Å². The zero-order valence-corrected chi connectivity index (χ0v) is 31.2. The predicted molar refractivity (Wildman–Crippen MR) is 199 cm³/mol. The molecule has 0 saturated heterocycles. The number of hydrogen-bond donors (Lipinski definition) is 0. The molecule has 0 bridgehead atoms. The van der Waals surface area contributed by atoms with Gasteiger partial charge in [0.15, 0.2) is 0 Å². The number of nitrogens with zero attached hydrogens (tertiary/aromatic N) is 2. The summed E-state index contributed by atoms with van der Waals surface area (Å²) in [4.78, 5) is 9.95. The predicted octanol–water partition coefficient (Wildman–Crippen LogP) is 11.8. The molecule has 0 spiro atoms. The molecule has 0 saturated carbocycles. The molecule has 3 heteroatoms. The van der Waals surface area contributed by atoms with E-state index < -0.39 is 0 Å². The molecule has 2 nitrogen and oxygen atoms in total. The summed E-state index contributed by atoms with van der Waals surface area (Å²) < 4.78 is 0. The van der Waals surface area contributed by atoms with Crippen molar-refractivity contribution in [1.82, 2.24) is 9.97 Å². The summed E-state index contributed by atoms with van der Waals surface area (Å²) in [7, 11) is 0. The van der Waals surface area contributed by atoms with Gasteiger partial charge in [-0.1, -0.05) is 139 Å². The minimum absolute atomic E-state index is 0. The van der Waals surface area contributed by atoms with Crippen LogP contribution in [0.15, 0.2) is 103 Å². The van der Waals surface area contributed by atoms with Gasteiger partial charge in [0, 0.05) is 11.9 Å². The van der Waals surface area contributed by atoms with E-state index in [1.807, 2.05) is 24.4 Å². The van der Waals surface area contributed by atoms with E-state index >= 15 is 0 Å². The molecule has 242 valence electrons. The number of pyridine rings is 1. The Kier molecular flexibility index (Phi) is 8.89. The second kappa shape index (κ2) is 12.7. The normalized spacial score (nSPS) is 12.0. The Bertz CT molecular complexity index is 2210. The van der Waals surface area contributed by atoms with Gasteiger partial charge in [-0.05, 0) is 44.4 Å². The zero-order valence-electron chi connectivity index (χ0n) is 29.0. The first-order valence-electron chi connectivity index (χ1n) is 16.5. The van der Waals surface area contributed by atoms with Gasteiger partial charge in [-0.3, -0.25) is 4.98 Å². The molecular formula is C45H41AuN2. The largest absolute Gasteiger partial charge is 3.00 e. The van der Waals surface area contributed by atoms with E-state index in [0.717, 1.165) is 55.7 Å². The summed E-state index contributed by atoms with van der Waals surface area (Å²) in [5, 5.41) is 2.42. The van der Waals surface area contributed by atoms with Crippen molar-refractivity contribution in [1.29, 1.82) is 0 Å². The molecule has 0 fully saturated rings. The van der Waals surface area contributed by atoms with Crippen LogP contribution in [0.1, 0.15) is 63.8 Å². The zero-order chi connectivity index (χ0) is 33.1. The molecule has 2 aromatic heterocycles. The number of rotatable bonds is 4. The van der Waals surface area contributed by atoms with Gasteiger partial charge in [0.2, 0.25) is 0 Å². The maximum atomic E-state index is 5.28. The van der Waals surface area contributed by atoms with Crippen molar-refractivity contribution in [2.75, 3.05) is 0 Å². The molecule has 0 unspecified atom stereocenters. The average Bonchev–Trinajstić information content (AvgIpc) is 3.42. The van der Waals surface area contributed by atoms with Crippen molar-refractivity contribution in [3.05, 3.63) is 138 Å². The van der Waals surface area contributed by atoms with Crippen LogP contribution in [0.4, 0.5) is 0 Å². The van der Waals surface area contributed by atoms with Crippen LogP contribution in [0.3, 0.4) is 0 Å². The number of aryl methyl sites for hydroxylation is 2. The number of aromatic nitrogens is 2. The van der Waals surface area contributed by atoms with Gasteiger partial charge < -0.3 is 4.98 Å². The van der Waals surface area contributed by atoms with Crippen LogP contribution in [-0.2, 0) is 33.2 Å². The van der Waals surface area contributed by atoms with E-state index in [2.05, 4.69) is 151 Å². The van der Waals surface area contributed by atoms with Crippen LogP contribution < -0.4 is 4.98 Å². The Hall–Kier alpha value is -4.21. The van der Waals surface area contributed by atoms with Gasteiger partial charge in [0.1, 0.15) is 0 Å². The van der Waals surface area contributed by atoms with Gasteiger partial charge in [0.05, 0.1) is 0 Å². The summed E-state index contributed by atoms with van der Waals surface area (Å²) in [5.74, 6) is 0. The van der Waals surface area contributed by atoms with Crippen molar-refractivity contribution in [3.8, 4) is 44.6 Å². The van der Waals surface area contributed by atoms with Gasteiger partial charge >= 0.3 is 22.4 Å². The van der Waals surface area contributed by atoms with Crippen LogP contribution in [-0.4, -0.2) is 4.98 Å². The third kappa shape index (κ3) is 6.33. The molecule has 0 amide bonds. The number of fused-ring (bicyclic) bond motifs is 3. The first-order valence-corrected chi connectivity index (χ1v) is 16.5. The van der Waals surface area contributed by atoms with Crippen molar-refractivity contribution in [3.63, 3.8) is 0 Å². The number of hydrogen-bond acceptors (Lipinski definition) is 1. The summed E-state index contributed by atoms with van der Waals surface area (Å²) >= 11 is 0. The van der Waals surface area contributed by atoms with Gasteiger partial charge in [0.25, 0.3) is 0 Å². The van der Waals surface area contributed by atoms with Crippen molar-refractivity contribution in [2.45, 2.75) is 66.2 Å². The smallest absolute Gasteiger partial charge is 0.663 e. The van der Waals surface area contributed by atoms with Crippen LogP contribution in [0.2, 0.25) is 0 Å². The third-order valence-corrected chi connectivity index (χ3v) is 9.29. The topological polar surface area (TPSA) is 27.0 Å². The van der Waals surface area contributed by atoms with Crippen LogP contribution in [0, 0.1) is 26.0 Å². The second-order valence-electron chi connectivity index (χ2n) is 14.9. The van der Waals surface area contributed by atoms with Crippen LogP contribution in [0.5, 0.6) is 0 Å². The Morgan fingerprint density at radius 2 is 1.25 bits per heavy atom.